The Bertz CT molecular complexity index is 448. The van der Waals surface area contributed by atoms with Crippen LogP contribution in [0.1, 0.15) is 37.7 Å². The SMILES string of the molecule is CCOC(=O)/C=C1\CC[C@@H](c2ccc(Br)cc2)C1. The van der Waals surface area contributed by atoms with E-state index in [9.17, 15) is 4.79 Å². The molecule has 1 aromatic carbocycles. The quantitative estimate of drug-likeness (QED) is 0.618. The summed E-state index contributed by atoms with van der Waals surface area (Å²) >= 11 is 3.44. The fraction of sp³-hybridized carbons (Fsp3) is 0.400. The first-order chi connectivity index (χ1) is 8.69. The van der Waals surface area contributed by atoms with Gasteiger partial charge in [0.05, 0.1) is 6.61 Å². The lowest BCUT2D eigenvalue weighted by atomic mass is 9.97. The third kappa shape index (κ3) is 3.45. The van der Waals surface area contributed by atoms with Crippen molar-refractivity contribution in [1.29, 1.82) is 0 Å². The van der Waals surface area contributed by atoms with E-state index in [4.69, 9.17) is 4.74 Å². The lowest BCUT2D eigenvalue weighted by Gasteiger charge is -2.08. The van der Waals surface area contributed by atoms with Crippen molar-refractivity contribution < 1.29 is 9.53 Å². The van der Waals surface area contributed by atoms with E-state index >= 15 is 0 Å². The molecule has 0 radical (unpaired) electrons. The van der Waals surface area contributed by atoms with Crippen LogP contribution in [0.3, 0.4) is 0 Å². The van der Waals surface area contributed by atoms with Crippen molar-refractivity contribution in [3.63, 3.8) is 0 Å². The highest BCUT2D eigenvalue weighted by Crippen LogP contribution is 2.38. The van der Waals surface area contributed by atoms with E-state index in [1.165, 1.54) is 11.1 Å². The van der Waals surface area contributed by atoms with Gasteiger partial charge in [0.2, 0.25) is 0 Å². The maximum Gasteiger partial charge on any atom is 0.330 e. The van der Waals surface area contributed by atoms with Crippen LogP contribution in [0.4, 0.5) is 0 Å². The number of benzene rings is 1. The molecule has 1 aromatic rings. The Morgan fingerprint density at radius 1 is 1.44 bits per heavy atom. The standard InChI is InChI=1S/C15H17BrO2/c1-2-18-15(17)10-11-3-4-13(9-11)12-5-7-14(16)8-6-12/h5-8,10,13H,2-4,9H2,1H3/b11-10+/t13-/m1/s1. The van der Waals surface area contributed by atoms with Gasteiger partial charge in [0.1, 0.15) is 0 Å². The van der Waals surface area contributed by atoms with E-state index in [0.29, 0.717) is 12.5 Å². The largest absolute Gasteiger partial charge is 0.463 e. The molecule has 0 bridgehead atoms. The van der Waals surface area contributed by atoms with Crippen molar-refractivity contribution in [3.05, 3.63) is 46.0 Å². The fourth-order valence-corrected chi connectivity index (χ4v) is 2.65. The molecular formula is C15H17BrO2. The van der Waals surface area contributed by atoms with Gasteiger partial charge in [0.25, 0.3) is 0 Å². The molecule has 96 valence electrons. The van der Waals surface area contributed by atoms with E-state index < -0.39 is 0 Å². The average Bonchev–Trinajstić information content (AvgIpc) is 2.78. The van der Waals surface area contributed by atoms with Gasteiger partial charge < -0.3 is 4.74 Å². The highest BCUT2D eigenvalue weighted by Gasteiger charge is 2.21. The lowest BCUT2D eigenvalue weighted by Crippen LogP contribution is -2.00. The molecule has 0 aliphatic heterocycles. The molecule has 3 heteroatoms. The summed E-state index contributed by atoms with van der Waals surface area (Å²) in [5, 5.41) is 0. The second-order valence-corrected chi connectivity index (χ2v) is 5.46. The zero-order valence-corrected chi connectivity index (χ0v) is 12.1. The van der Waals surface area contributed by atoms with Crippen molar-refractivity contribution in [1.82, 2.24) is 0 Å². The smallest absolute Gasteiger partial charge is 0.330 e. The average molecular weight is 309 g/mol. The summed E-state index contributed by atoms with van der Waals surface area (Å²) < 4.78 is 6.04. The number of hydrogen-bond acceptors (Lipinski definition) is 2. The van der Waals surface area contributed by atoms with Crippen molar-refractivity contribution in [3.8, 4) is 0 Å². The number of allylic oxidation sites excluding steroid dienone is 1. The summed E-state index contributed by atoms with van der Waals surface area (Å²) in [5.41, 5.74) is 2.56. The van der Waals surface area contributed by atoms with Crippen LogP contribution in [0.15, 0.2) is 40.4 Å². The molecule has 18 heavy (non-hydrogen) atoms. The Morgan fingerprint density at radius 3 is 2.83 bits per heavy atom. The van der Waals surface area contributed by atoms with Gasteiger partial charge in [-0.3, -0.25) is 0 Å². The van der Waals surface area contributed by atoms with Crippen molar-refractivity contribution in [2.75, 3.05) is 6.61 Å². The van der Waals surface area contributed by atoms with Crippen LogP contribution in [0, 0.1) is 0 Å². The molecule has 0 saturated heterocycles. The van der Waals surface area contributed by atoms with Crippen LogP contribution in [-0.4, -0.2) is 12.6 Å². The lowest BCUT2D eigenvalue weighted by molar-refractivity contribution is -0.137. The molecule has 2 nitrogen and oxygen atoms in total. The van der Waals surface area contributed by atoms with Crippen LogP contribution >= 0.6 is 15.9 Å². The monoisotopic (exact) mass is 308 g/mol. The summed E-state index contributed by atoms with van der Waals surface area (Å²) in [6.07, 6.45) is 4.76. The van der Waals surface area contributed by atoms with Crippen molar-refractivity contribution in [2.45, 2.75) is 32.1 Å². The minimum Gasteiger partial charge on any atom is -0.463 e. The van der Waals surface area contributed by atoms with Gasteiger partial charge in [-0.1, -0.05) is 33.6 Å². The Kier molecular flexibility index (Phi) is 4.59. The molecule has 1 atom stereocenters. The van der Waals surface area contributed by atoms with Crippen LogP contribution < -0.4 is 0 Å². The topological polar surface area (TPSA) is 26.3 Å². The molecule has 1 saturated carbocycles. The van der Waals surface area contributed by atoms with E-state index in [1.54, 1.807) is 6.08 Å². The summed E-state index contributed by atoms with van der Waals surface area (Å²) in [6.45, 7) is 2.27. The van der Waals surface area contributed by atoms with Crippen LogP contribution in [0.5, 0.6) is 0 Å². The van der Waals surface area contributed by atoms with Crippen LogP contribution in [-0.2, 0) is 9.53 Å². The molecule has 1 fully saturated rings. The summed E-state index contributed by atoms with van der Waals surface area (Å²) in [6, 6.07) is 8.45. The number of carbonyl (C=O) groups is 1. The molecule has 0 aromatic heterocycles. The molecule has 0 N–H and O–H groups in total. The zero-order chi connectivity index (χ0) is 13.0. The maximum atomic E-state index is 11.4. The first-order valence-electron chi connectivity index (χ1n) is 6.30. The fourth-order valence-electron chi connectivity index (χ4n) is 2.38. The van der Waals surface area contributed by atoms with Gasteiger partial charge in [-0.15, -0.1) is 0 Å². The minimum atomic E-state index is -0.205. The third-order valence-corrected chi connectivity index (χ3v) is 3.80. The highest BCUT2D eigenvalue weighted by atomic mass is 79.9. The number of carbonyl (C=O) groups excluding carboxylic acids is 1. The van der Waals surface area contributed by atoms with Crippen LogP contribution in [0.2, 0.25) is 0 Å². The summed E-state index contributed by atoms with van der Waals surface area (Å²) in [4.78, 5) is 11.4. The second-order valence-electron chi connectivity index (χ2n) is 4.55. The molecule has 0 heterocycles. The Hall–Kier alpha value is -1.09. The number of halogens is 1. The van der Waals surface area contributed by atoms with E-state index in [-0.39, 0.29) is 5.97 Å². The molecule has 0 unspecified atom stereocenters. The summed E-state index contributed by atoms with van der Waals surface area (Å²) in [7, 11) is 0. The Morgan fingerprint density at radius 2 is 2.17 bits per heavy atom. The van der Waals surface area contributed by atoms with Gasteiger partial charge in [-0.05, 0) is 49.8 Å². The van der Waals surface area contributed by atoms with Crippen LogP contribution in [0.25, 0.3) is 0 Å². The second kappa shape index (κ2) is 6.19. The van der Waals surface area contributed by atoms with Gasteiger partial charge in [0.15, 0.2) is 0 Å². The molecular weight excluding hydrogens is 292 g/mol. The summed E-state index contributed by atoms with van der Waals surface area (Å²) in [5.74, 6) is 0.336. The number of ether oxygens (including phenoxy) is 1. The normalized spacial score (nSPS) is 21.2. The molecule has 0 spiro atoms. The maximum absolute atomic E-state index is 11.4. The molecule has 0 amide bonds. The molecule has 2 rings (SSSR count). The van der Waals surface area contributed by atoms with E-state index in [0.717, 1.165) is 23.7 Å². The zero-order valence-electron chi connectivity index (χ0n) is 10.5. The number of esters is 1. The van der Waals surface area contributed by atoms with E-state index in [1.807, 2.05) is 6.92 Å². The molecule has 1 aliphatic rings. The number of hydrogen-bond donors (Lipinski definition) is 0. The van der Waals surface area contributed by atoms with Crippen molar-refractivity contribution >= 4 is 21.9 Å². The van der Waals surface area contributed by atoms with Gasteiger partial charge in [-0.2, -0.15) is 0 Å². The Balaban J connectivity index is 2.00. The van der Waals surface area contributed by atoms with Gasteiger partial charge >= 0.3 is 5.97 Å². The minimum absolute atomic E-state index is 0.205. The molecule has 1 aliphatic carbocycles. The van der Waals surface area contributed by atoms with Gasteiger partial charge in [-0.25, -0.2) is 4.79 Å². The van der Waals surface area contributed by atoms with E-state index in [2.05, 4.69) is 40.2 Å². The first-order valence-corrected chi connectivity index (χ1v) is 7.10. The third-order valence-electron chi connectivity index (χ3n) is 3.27. The first kappa shape index (κ1) is 13.3. The van der Waals surface area contributed by atoms with Gasteiger partial charge in [0, 0.05) is 10.5 Å². The van der Waals surface area contributed by atoms with Crippen molar-refractivity contribution in [2.24, 2.45) is 0 Å². The predicted octanol–water partition coefficient (Wildman–Crippen LogP) is 4.21. The highest BCUT2D eigenvalue weighted by molar-refractivity contribution is 9.10. The predicted molar refractivity (Wildman–Crippen MR) is 75.5 cm³/mol. The number of rotatable bonds is 3. The Labute approximate surface area is 116 Å².